The first-order chi connectivity index (χ1) is 18.3. The SMILES string of the molecule is CC(C)C[C@H](Nc1ccc(C(=O)CCCC(=O)O)cc1)C(=O)Nc1ccc(-c2cc3ccccc3o2)cc1. The van der Waals surface area contributed by atoms with Gasteiger partial charge in [-0.25, -0.2) is 0 Å². The molecule has 1 aromatic heterocycles. The molecule has 1 atom stereocenters. The standard InChI is InChI=1S/C31H32N2O5/c1-20(2)18-26(32-24-14-10-21(11-15-24)27(34)7-5-9-30(35)36)31(37)33-25-16-12-22(13-17-25)29-19-23-6-3-4-8-28(23)38-29/h3-4,6,8,10-17,19-20,26,32H,5,7,9,18H2,1-2H3,(H,33,37)(H,35,36)/t26-/m0/s1. The molecule has 7 heteroatoms. The minimum atomic E-state index is -0.908. The molecule has 0 spiro atoms. The smallest absolute Gasteiger partial charge is 0.303 e. The number of carboxylic acid groups (broad SMARTS) is 1. The normalized spacial score (nSPS) is 11.9. The van der Waals surface area contributed by atoms with E-state index in [1.807, 2.05) is 54.6 Å². The summed E-state index contributed by atoms with van der Waals surface area (Å²) in [6, 6.07) is 23.9. The van der Waals surface area contributed by atoms with Crippen molar-refractivity contribution in [3.63, 3.8) is 0 Å². The maximum Gasteiger partial charge on any atom is 0.303 e. The summed E-state index contributed by atoms with van der Waals surface area (Å²) in [5.74, 6) is -0.102. The van der Waals surface area contributed by atoms with Crippen molar-refractivity contribution in [2.24, 2.45) is 5.92 Å². The predicted octanol–water partition coefficient (Wildman–Crippen LogP) is 7.00. The van der Waals surface area contributed by atoms with Gasteiger partial charge in [-0.05, 0) is 79.4 Å². The lowest BCUT2D eigenvalue weighted by Gasteiger charge is -2.21. The van der Waals surface area contributed by atoms with Crippen LogP contribution in [0.15, 0.2) is 83.3 Å². The molecule has 196 valence electrons. The van der Waals surface area contributed by atoms with Crippen molar-refractivity contribution in [2.45, 2.75) is 45.6 Å². The van der Waals surface area contributed by atoms with E-state index in [-0.39, 0.29) is 30.4 Å². The average molecular weight is 513 g/mol. The molecule has 7 nitrogen and oxygen atoms in total. The van der Waals surface area contributed by atoms with Crippen LogP contribution in [0, 0.1) is 5.92 Å². The topological polar surface area (TPSA) is 109 Å². The van der Waals surface area contributed by atoms with Gasteiger partial charge in [0, 0.05) is 40.7 Å². The van der Waals surface area contributed by atoms with Gasteiger partial charge >= 0.3 is 5.97 Å². The number of ketones is 1. The number of anilines is 2. The zero-order valence-corrected chi connectivity index (χ0v) is 21.6. The molecule has 0 fully saturated rings. The van der Waals surface area contributed by atoms with E-state index >= 15 is 0 Å². The fraction of sp³-hybridized carbons (Fsp3) is 0.258. The second-order valence-corrected chi connectivity index (χ2v) is 9.79. The van der Waals surface area contributed by atoms with E-state index in [0.29, 0.717) is 24.1 Å². The Balaban J connectivity index is 1.39. The highest BCUT2D eigenvalue weighted by molar-refractivity contribution is 5.98. The monoisotopic (exact) mass is 512 g/mol. The Morgan fingerprint density at radius 3 is 2.21 bits per heavy atom. The summed E-state index contributed by atoms with van der Waals surface area (Å²) in [7, 11) is 0. The molecule has 0 saturated carbocycles. The van der Waals surface area contributed by atoms with Gasteiger partial charge in [-0.3, -0.25) is 14.4 Å². The number of para-hydroxylation sites is 1. The number of hydrogen-bond acceptors (Lipinski definition) is 5. The summed E-state index contributed by atoms with van der Waals surface area (Å²) in [4.78, 5) is 36.1. The first-order valence-corrected chi connectivity index (χ1v) is 12.8. The number of hydrogen-bond donors (Lipinski definition) is 3. The highest BCUT2D eigenvalue weighted by atomic mass is 16.4. The number of benzene rings is 3. The van der Waals surface area contributed by atoms with Gasteiger partial charge in [0.2, 0.25) is 5.91 Å². The number of amides is 1. The third kappa shape index (κ3) is 7.09. The predicted molar refractivity (Wildman–Crippen MR) is 149 cm³/mol. The first-order valence-electron chi connectivity index (χ1n) is 12.8. The van der Waals surface area contributed by atoms with Gasteiger partial charge in [0.05, 0.1) is 0 Å². The number of furan rings is 1. The van der Waals surface area contributed by atoms with Crippen molar-refractivity contribution in [1.82, 2.24) is 0 Å². The molecule has 0 aliphatic carbocycles. The van der Waals surface area contributed by atoms with Crippen LogP contribution in [0.25, 0.3) is 22.3 Å². The van der Waals surface area contributed by atoms with Crippen LogP contribution in [0.2, 0.25) is 0 Å². The van der Waals surface area contributed by atoms with Crippen molar-refractivity contribution >= 4 is 40.0 Å². The average Bonchev–Trinajstić information content (AvgIpc) is 3.33. The molecule has 38 heavy (non-hydrogen) atoms. The first kappa shape index (κ1) is 26.7. The Morgan fingerprint density at radius 1 is 0.868 bits per heavy atom. The maximum absolute atomic E-state index is 13.2. The lowest BCUT2D eigenvalue weighted by molar-refractivity contribution is -0.137. The zero-order chi connectivity index (χ0) is 27.1. The minimum Gasteiger partial charge on any atom is -0.481 e. The second-order valence-electron chi connectivity index (χ2n) is 9.79. The van der Waals surface area contributed by atoms with Crippen LogP contribution >= 0.6 is 0 Å². The third-order valence-corrected chi connectivity index (χ3v) is 6.23. The molecule has 1 heterocycles. The molecule has 0 bridgehead atoms. The number of carbonyl (C=O) groups is 3. The van der Waals surface area contributed by atoms with Crippen molar-refractivity contribution < 1.29 is 23.9 Å². The molecule has 3 aromatic carbocycles. The summed E-state index contributed by atoms with van der Waals surface area (Å²) < 4.78 is 5.93. The van der Waals surface area contributed by atoms with E-state index in [2.05, 4.69) is 24.5 Å². The number of carbonyl (C=O) groups excluding carboxylic acids is 2. The molecule has 0 aliphatic heterocycles. The summed E-state index contributed by atoms with van der Waals surface area (Å²) in [6.45, 7) is 4.12. The largest absolute Gasteiger partial charge is 0.481 e. The fourth-order valence-corrected chi connectivity index (χ4v) is 4.27. The number of nitrogens with one attached hydrogen (secondary N) is 2. The summed E-state index contributed by atoms with van der Waals surface area (Å²) in [5.41, 5.74) is 3.70. The van der Waals surface area contributed by atoms with Crippen LogP contribution in [-0.2, 0) is 9.59 Å². The third-order valence-electron chi connectivity index (χ3n) is 6.23. The molecular formula is C31H32N2O5. The van der Waals surface area contributed by atoms with Gasteiger partial charge in [0.25, 0.3) is 0 Å². The summed E-state index contributed by atoms with van der Waals surface area (Å²) >= 11 is 0. The lowest BCUT2D eigenvalue weighted by atomic mass is 10.0. The van der Waals surface area contributed by atoms with Crippen LogP contribution in [-0.4, -0.2) is 28.8 Å². The Hall–Kier alpha value is -4.39. The zero-order valence-electron chi connectivity index (χ0n) is 21.6. The molecule has 1 amide bonds. The number of fused-ring (bicyclic) bond motifs is 1. The Labute approximate surface area is 221 Å². The van der Waals surface area contributed by atoms with E-state index in [9.17, 15) is 14.4 Å². The quantitative estimate of drug-likeness (QED) is 0.176. The van der Waals surface area contributed by atoms with E-state index in [1.165, 1.54) is 0 Å². The molecule has 0 saturated heterocycles. The highest BCUT2D eigenvalue weighted by Gasteiger charge is 2.20. The Morgan fingerprint density at radius 2 is 1.55 bits per heavy atom. The van der Waals surface area contributed by atoms with Crippen LogP contribution < -0.4 is 10.6 Å². The lowest BCUT2D eigenvalue weighted by Crippen LogP contribution is -2.35. The highest BCUT2D eigenvalue weighted by Crippen LogP contribution is 2.28. The van der Waals surface area contributed by atoms with E-state index in [1.54, 1.807) is 24.3 Å². The molecule has 3 N–H and O–H groups in total. The van der Waals surface area contributed by atoms with Crippen LogP contribution in [0.5, 0.6) is 0 Å². The molecule has 4 rings (SSSR count). The van der Waals surface area contributed by atoms with Gasteiger partial charge in [-0.15, -0.1) is 0 Å². The second kappa shape index (κ2) is 12.2. The van der Waals surface area contributed by atoms with Crippen molar-refractivity contribution in [2.75, 3.05) is 10.6 Å². The Bertz CT molecular complexity index is 1370. The summed E-state index contributed by atoms with van der Waals surface area (Å²) in [6.07, 6.45) is 1.09. The molecule has 0 unspecified atom stereocenters. The van der Waals surface area contributed by atoms with Gasteiger partial charge < -0.3 is 20.2 Å². The maximum atomic E-state index is 13.2. The van der Waals surface area contributed by atoms with Crippen LogP contribution in [0.3, 0.4) is 0 Å². The van der Waals surface area contributed by atoms with Gasteiger partial charge in [-0.1, -0.05) is 32.0 Å². The summed E-state index contributed by atoms with van der Waals surface area (Å²) in [5, 5.41) is 16.1. The van der Waals surface area contributed by atoms with Crippen molar-refractivity contribution in [1.29, 1.82) is 0 Å². The molecule has 0 aliphatic rings. The van der Waals surface area contributed by atoms with Gasteiger partial charge in [0.15, 0.2) is 5.78 Å². The van der Waals surface area contributed by atoms with Crippen molar-refractivity contribution in [3.05, 3.63) is 84.4 Å². The number of rotatable bonds is 12. The van der Waals surface area contributed by atoms with Crippen LogP contribution in [0.4, 0.5) is 11.4 Å². The Kier molecular flexibility index (Phi) is 8.58. The van der Waals surface area contributed by atoms with Gasteiger partial charge in [-0.2, -0.15) is 0 Å². The van der Waals surface area contributed by atoms with E-state index < -0.39 is 12.0 Å². The van der Waals surface area contributed by atoms with E-state index in [0.717, 1.165) is 28.0 Å². The van der Waals surface area contributed by atoms with Crippen LogP contribution in [0.1, 0.15) is 49.9 Å². The molecule has 0 radical (unpaired) electrons. The minimum absolute atomic E-state index is 0.0278. The van der Waals surface area contributed by atoms with E-state index in [4.69, 9.17) is 9.52 Å². The molecular weight excluding hydrogens is 480 g/mol. The number of carboxylic acids is 1. The number of Topliss-reactive ketones (excluding diaryl/α,β-unsaturated/α-hetero) is 1. The number of aliphatic carboxylic acids is 1. The molecule has 4 aromatic rings. The van der Waals surface area contributed by atoms with Crippen molar-refractivity contribution in [3.8, 4) is 11.3 Å². The fourth-order valence-electron chi connectivity index (χ4n) is 4.27. The van der Waals surface area contributed by atoms with Gasteiger partial charge in [0.1, 0.15) is 17.4 Å².